The third kappa shape index (κ3) is 10.9. The number of rotatable bonds is 15. The van der Waals surface area contributed by atoms with Crippen LogP contribution in [-0.4, -0.2) is 17.3 Å². The van der Waals surface area contributed by atoms with E-state index in [1.807, 2.05) is 17.8 Å². The zero-order valence-corrected chi connectivity index (χ0v) is 19.1. The van der Waals surface area contributed by atoms with E-state index < -0.39 is 0 Å². The number of allylic oxidation sites excluding steroid dienone is 1. The molecule has 1 aromatic rings. The van der Waals surface area contributed by atoms with Crippen LogP contribution < -0.4 is 0 Å². The van der Waals surface area contributed by atoms with Crippen LogP contribution in [-0.2, 0) is 9.53 Å². The van der Waals surface area contributed by atoms with Crippen LogP contribution in [0.1, 0.15) is 96.8 Å². The van der Waals surface area contributed by atoms with E-state index in [9.17, 15) is 4.79 Å². The van der Waals surface area contributed by atoms with Crippen LogP contribution in [0.2, 0.25) is 0 Å². The van der Waals surface area contributed by atoms with Crippen LogP contribution in [0, 0.1) is 0 Å². The fourth-order valence-electron chi connectivity index (χ4n) is 3.84. The van der Waals surface area contributed by atoms with Gasteiger partial charge < -0.3 is 4.74 Å². The molecule has 0 bridgehead atoms. The zero-order valence-electron chi connectivity index (χ0n) is 18.3. The summed E-state index contributed by atoms with van der Waals surface area (Å²) < 4.78 is 5.67. The van der Waals surface area contributed by atoms with Crippen LogP contribution in [0.3, 0.4) is 0 Å². The Hall–Kier alpha value is -1.22. The third-order valence-corrected chi connectivity index (χ3v) is 6.86. The molecule has 1 fully saturated rings. The monoisotopic (exact) mass is 416 g/mol. The Morgan fingerprint density at radius 1 is 1.00 bits per heavy atom. The van der Waals surface area contributed by atoms with Crippen molar-refractivity contribution in [2.75, 3.05) is 0 Å². The molecule has 0 N–H and O–H groups in total. The SMILES string of the molecule is CCCCCCCCCCCC/C=C\[C@@H](Sc1ccccc1)[C@@H]1CCCC(=O)O1. The van der Waals surface area contributed by atoms with E-state index in [1.54, 1.807) is 0 Å². The normalized spacial score (nSPS) is 18.1. The summed E-state index contributed by atoms with van der Waals surface area (Å²) in [6.45, 7) is 2.28. The molecule has 1 heterocycles. The highest BCUT2D eigenvalue weighted by Gasteiger charge is 2.27. The minimum Gasteiger partial charge on any atom is -0.461 e. The maximum Gasteiger partial charge on any atom is 0.306 e. The average molecular weight is 417 g/mol. The lowest BCUT2D eigenvalue weighted by Crippen LogP contribution is -2.31. The van der Waals surface area contributed by atoms with Gasteiger partial charge in [-0.2, -0.15) is 0 Å². The van der Waals surface area contributed by atoms with Crippen molar-refractivity contribution in [3.8, 4) is 0 Å². The Bertz CT molecular complexity index is 569. The molecule has 1 saturated heterocycles. The van der Waals surface area contributed by atoms with Gasteiger partial charge in [-0.05, 0) is 37.8 Å². The number of unbranched alkanes of at least 4 members (excludes halogenated alkanes) is 10. The van der Waals surface area contributed by atoms with Crippen LogP contribution in [0.25, 0.3) is 0 Å². The quantitative estimate of drug-likeness (QED) is 0.125. The standard InChI is InChI=1S/C26H40O2S/c1-2-3-4-5-6-7-8-9-10-11-12-16-21-25(24-20-17-22-26(27)28-24)29-23-18-14-13-15-19-23/h13-16,18-19,21,24-25H,2-12,17,20,22H2,1H3/b21-16-/t24-,25+/m0/s1. The summed E-state index contributed by atoms with van der Waals surface area (Å²) in [7, 11) is 0. The van der Waals surface area contributed by atoms with E-state index in [0.29, 0.717) is 6.42 Å². The number of ether oxygens (including phenoxy) is 1. The first kappa shape index (κ1) is 24.1. The summed E-state index contributed by atoms with van der Waals surface area (Å²) in [4.78, 5) is 13.0. The van der Waals surface area contributed by atoms with Crippen molar-refractivity contribution in [2.45, 2.75) is 113 Å². The minimum absolute atomic E-state index is 0.00501. The topological polar surface area (TPSA) is 26.3 Å². The first-order chi connectivity index (χ1) is 14.3. The summed E-state index contributed by atoms with van der Waals surface area (Å²) in [5.74, 6) is -0.0389. The van der Waals surface area contributed by atoms with E-state index in [4.69, 9.17) is 4.74 Å². The van der Waals surface area contributed by atoms with Crippen LogP contribution in [0.15, 0.2) is 47.4 Å². The second-order valence-electron chi connectivity index (χ2n) is 8.21. The van der Waals surface area contributed by atoms with Gasteiger partial charge in [0, 0.05) is 11.3 Å². The first-order valence-electron chi connectivity index (χ1n) is 11.9. The van der Waals surface area contributed by atoms with Crippen molar-refractivity contribution in [1.82, 2.24) is 0 Å². The molecule has 3 heteroatoms. The molecular formula is C26H40O2S. The van der Waals surface area contributed by atoms with Gasteiger partial charge in [0.15, 0.2) is 0 Å². The van der Waals surface area contributed by atoms with Gasteiger partial charge >= 0.3 is 5.97 Å². The maximum atomic E-state index is 11.7. The molecule has 0 unspecified atom stereocenters. The number of cyclic esters (lactones) is 1. The highest BCUT2D eigenvalue weighted by atomic mass is 32.2. The number of thioether (sulfide) groups is 1. The van der Waals surface area contributed by atoms with Crippen molar-refractivity contribution in [3.05, 3.63) is 42.5 Å². The van der Waals surface area contributed by atoms with Gasteiger partial charge in [-0.3, -0.25) is 4.79 Å². The van der Waals surface area contributed by atoms with Gasteiger partial charge in [0.2, 0.25) is 0 Å². The summed E-state index contributed by atoms with van der Waals surface area (Å²) in [6.07, 6.45) is 22.0. The molecule has 1 aromatic carbocycles. The lowest BCUT2D eigenvalue weighted by molar-refractivity contribution is -0.153. The van der Waals surface area contributed by atoms with Gasteiger partial charge in [-0.25, -0.2) is 0 Å². The molecule has 29 heavy (non-hydrogen) atoms. The van der Waals surface area contributed by atoms with Gasteiger partial charge in [0.05, 0.1) is 5.25 Å². The van der Waals surface area contributed by atoms with Gasteiger partial charge in [0.25, 0.3) is 0 Å². The van der Waals surface area contributed by atoms with Crippen LogP contribution in [0.4, 0.5) is 0 Å². The Kier molecular flexibility index (Phi) is 12.9. The second-order valence-corrected chi connectivity index (χ2v) is 9.47. The molecule has 2 atom stereocenters. The van der Waals surface area contributed by atoms with E-state index in [-0.39, 0.29) is 17.3 Å². The van der Waals surface area contributed by atoms with Crippen LogP contribution >= 0.6 is 11.8 Å². The van der Waals surface area contributed by atoms with E-state index >= 15 is 0 Å². The summed E-state index contributed by atoms with van der Waals surface area (Å²) >= 11 is 1.82. The largest absolute Gasteiger partial charge is 0.461 e. The molecule has 2 nitrogen and oxygen atoms in total. The molecule has 162 valence electrons. The fraction of sp³-hybridized carbons (Fsp3) is 0.654. The van der Waals surface area contributed by atoms with Gasteiger partial charge in [-0.1, -0.05) is 95.1 Å². The van der Waals surface area contributed by atoms with Crippen LogP contribution in [0.5, 0.6) is 0 Å². The van der Waals surface area contributed by atoms with Crippen molar-refractivity contribution < 1.29 is 9.53 Å². The lowest BCUT2D eigenvalue weighted by Gasteiger charge is -2.28. The predicted octanol–water partition coefficient (Wildman–Crippen LogP) is 8.11. The van der Waals surface area contributed by atoms with E-state index in [0.717, 1.165) is 19.3 Å². The first-order valence-corrected chi connectivity index (χ1v) is 12.8. The molecule has 0 radical (unpaired) electrons. The fourth-order valence-corrected chi connectivity index (χ4v) is 5.00. The average Bonchev–Trinajstić information content (AvgIpc) is 2.74. The molecule has 0 aromatic heterocycles. The Balaban J connectivity index is 1.65. The zero-order chi connectivity index (χ0) is 20.6. The highest BCUT2D eigenvalue weighted by Crippen LogP contribution is 2.31. The smallest absolute Gasteiger partial charge is 0.306 e. The van der Waals surface area contributed by atoms with Crippen molar-refractivity contribution >= 4 is 17.7 Å². The molecule has 0 aliphatic carbocycles. The number of hydrogen-bond acceptors (Lipinski definition) is 3. The number of hydrogen-bond donors (Lipinski definition) is 0. The Labute approximate surface area is 182 Å². The van der Waals surface area contributed by atoms with Crippen molar-refractivity contribution in [3.63, 3.8) is 0 Å². The predicted molar refractivity (Wildman–Crippen MR) is 125 cm³/mol. The molecule has 0 amide bonds. The lowest BCUT2D eigenvalue weighted by atomic mass is 10.0. The maximum absolute atomic E-state index is 11.7. The number of esters is 1. The summed E-state index contributed by atoms with van der Waals surface area (Å²) in [6, 6.07) is 10.5. The molecule has 0 saturated carbocycles. The number of carbonyl (C=O) groups is 1. The third-order valence-electron chi connectivity index (χ3n) is 5.58. The molecule has 1 aliphatic rings. The van der Waals surface area contributed by atoms with Gasteiger partial charge in [-0.15, -0.1) is 11.8 Å². The molecular weight excluding hydrogens is 376 g/mol. The Morgan fingerprint density at radius 3 is 2.31 bits per heavy atom. The van der Waals surface area contributed by atoms with E-state index in [2.05, 4.69) is 43.3 Å². The molecule has 2 rings (SSSR count). The number of carbonyl (C=O) groups excluding carboxylic acids is 1. The Morgan fingerprint density at radius 2 is 1.66 bits per heavy atom. The van der Waals surface area contributed by atoms with Gasteiger partial charge in [0.1, 0.15) is 6.10 Å². The summed E-state index contributed by atoms with van der Waals surface area (Å²) in [5.41, 5.74) is 0. The minimum atomic E-state index is -0.0389. The number of benzene rings is 1. The second kappa shape index (κ2) is 15.6. The van der Waals surface area contributed by atoms with Crippen molar-refractivity contribution in [2.24, 2.45) is 0 Å². The summed E-state index contributed by atoms with van der Waals surface area (Å²) in [5, 5.41) is 0.213. The van der Waals surface area contributed by atoms with Crippen molar-refractivity contribution in [1.29, 1.82) is 0 Å². The molecule has 0 spiro atoms. The van der Waals surface area contributed by atoms with E-state index in [1.165, 1.54) is 69.1 Å². The highest BCUT2D eigenvalue weighted by molar-refractivity contribution is 8.00. The molecule has 1 aliphatic heterocycles.